The zero-order valence-corrected chi connectivity index (χ0v) is 14.9. The molecule has 1 saturated heterocycles. The molecule has 0 radical (unpaired) electrons. The summed E-state index contributed by atoms with van der Waals surface area (Å²) in [6.07, 6.45) is 5.56. The van der Waals surface area contributed by atoms with E-state index >= 15 is 0 Å². The normalized spacial score (nSPS) is 23.8. The highest BCUT2D eigenvalue weighted by Crippen LogP contribution is 2.44. The van der Waals surface area contributed by atoms with Gasteiger partial charge < -0.3 is 5.32 Å². The molecule has 4 nitrogen and oxygen atoms in total. The van der Waals surface area contributed by atoms with Crippen LogP contribution in [0, 0.1) is 11.8 Å². The van der Waals surface area contributed by atoms with Gasteiger partial charge >= 0.3 is 0 Å². The van der Waals surface area contributed by atoms with Crippen molar-refractivity contribution in [3.63, 3.8) is 0 Å². The van der Waals surface area contributed by atoms with Gasteiger partial charge in [-0.2, -0.15) is 0 Å². The number of sulfone groups is 1. The van der Waals surface area contributed by atoms with Gasteiger partial charge in [-0.05, 0) is 55.4 Å². The smallest absolute Gasteiger partial charge is 0.220 e. The molecule has 2 fully saturated rings. The van der Waals surface area contributed by atoms with Crippen molar-refractivity contribution in [1.29, 1.82) is 0 Å². The average Bonchev–Trinajstić information content (AvgIpc) is 3.34. The van der Waals surface area contributed by atoms with Crippen molar-refractivity contribution in [1.82, 2.24) is 5.32 Å². The Morgan fingerprint density at radius 2 is 1.92 bits per heavy atom. The lowest BCUT2D eigenvalue weighted by molar-refractivity contribution is -0.121. The van der Waals surface area contributed by atoms with Gasteiger partial charge in [0.25, 0.3) is 0 Å². The van der Waals surface area contributed by atoms with Gasteiger partial charge in [0.1, 0.15) is 0 Å². The Morgan fingerprint density at radius 1 is 1.17 bits per heavy atom. The van der Waals surface area contributed by atoms with E-state index in [0.717, 1.165) is 19.3 Å². The molecule has 132 valence electrons. The SMILES string of the molecule is O=C(CC(c1ccccc1)C1CC1)NCCCC1CCS(=O)(=O)C1. The molecule has 0 spiro atoms. The van der Waals surface area contributed by atoms with Crippen LogP contribution < -0.4 is 5.32 Å². The number of carbonyl (C=O) groups is 1. The summed E-state index contributed by atoms with van der Waals surface area (Å²) in [7, 11) is -2.79. The number of hydrogen-bond donors (Lipinski definition) is 1. The largest absolute Gasteiger partial charge is 0.356 e. The van der Waals surface area contributed by atoms with E-state index in [1.54, 1.807) is 0 Å². The first-order valence-corrected chi connectivity index (χ1v) is 10.9. The third kappa shape index (κ3) is 5.07. The van der Waals surface area contributed by atoms with Gasteiger partial charge in [-0.3, -0.25) is 4.79 Å². The standard InChI is InChI=1S/C19H27NO3S/c21-19(20-11-4-5-15-10-12-24(22,23)14-15)13-18(17-8-9-17)16-6-2-1-3-7-16/h1-3,6-7,15,17-18H,4-5,8-14H2,(H,20,21). The van der Waals surface area contributed by atoms with Crippen molar-refractivity contribution in [2.45, 2.75) is 44.4 Å². The van der Waals surface area contributed by atoms with E-state index in [4.69, 9.17) is 0 Å². The molecular formula is C19H27NO3S. The van der Waals surface area contributed by atoms with Gasteiger partial charge in [0, 0.05) is 13.0 Å². The Balaban J connectivity index is 1.39. The van der Waals surface area contributed by atoms with Gasteiger partial charge in [0.2, 0.25) is 5.91 Å². The highest BCUT2D eigenvalue weighted by atomic mass is 32.2. The van der Waals surface area contributed by atoms with E-state index in [2.05, 4.69) is 17.4 Å². The van der Waals surface area contributed by atoms with Crippen LogP contribution >= 0.6 is 0 Å². The van der Waals surface area contributed by atoms with Crippen LogP contribution in [0.25, 0.3) is 0 Å². The van der Waals surface area contributed by atoms with Gasteiger partial charge in [-0.25, -0.2) is 8.42 Å². The molecule has 1 aromatic rings. The molecular weight excluding hydrogens is 322 g/mol. The molecule has 1 aliphatic heterocycles. The highest BCUT2D eigenvalue weighted by Gasteiger charge is 2.33. The van der Waals surface area contributed by atoms with E-state index in [1.165, 1.54) is 18.4 Å². The number of nitrogens with one attached hydrogen (secondary N) is 1. The maximum absolute atomic E-state index is 12.3. The molecule has 2 unspecified atom stereocenters. The predicted octanol–water partition coefficient (Wildman–Crippen LogP) is 2.90. The topological polar surface area (TPSA) is 63.2 Å². The fourth-order valence-corrected chi connectivity index (χ4v) is 5.66. The minimum absolute atomic E-state index is 0.120. The summed E-state index contributed by atoms with van der Waals surface area (Å²) < 4.78 is 22.9. The van der Waals surface area contributed by atoms with Crippen molar-refractivity contribution in [3.8, 4) is 0 Å². The highest BCUT2D eigenvalue weighted by molar-refractivity contribution is 7.91. The minimum atomic E-state index is -2.79. The zero-order valence-electron chi connectivity index (χ0n) is 14.1. The molecule has 1 N–H and O–H groups in total. The van der Waals surface area contributed by atoms with Crippen molar-refractivity contribution >= 4 is 15.7 Å². The summed E-state index contributed by atoms with van der Waals surface area (Å²) in [5, 5.41) is 3.02. The molecule has 0 bridgehead atoms. The van der Waals surface area contributed by atoms with Crippen LogP contribution in [0.2, 0.25) is 0 Å². The maximum atomic E-state index is 12.3. The average molecular weight is 349 g/mol. The Bertz CT molecular complexity index is 652. The third-order valence-electron chi connectivity index (χ3n) is 5.26. The summed E-state index contributed by atoms with van der Waals surface area (Å²) >= 11 is 0. The third-order valence-corrected chi connectivity index (χ3v) is 7.10. The molecule has 1 heterocycles. The van der Waals surface area contributed by atoms with Gasteiger partial charge in [0.15, 0.2) is 9.84 Å². The van der Waals surface area contributed by atoms with Crippen molar-refractivity contribution in [2.24, 2.45) is 11.8 Å². The summed E-state index contributed by atoms with van der Waals surface area (Å²) in [5.74, 6) is 2.07. The van der Waals surface area contributed by atoms with Crippen LogP contribution in [0.15, 0.2) is 30.3 Å². The maximum Gasteiger partial charge on any atom is 0.220 e. The zero-order chi connectivity index (χ0) is 17.0. The van der Waals surface area contributed by atoms with Crippen molar-refractivity contribution < 1.29 is 13.2 Å². The minimum Gasteiger partial charge on any atom is -0.356 e. The Kier molecular flexibility index (Phi) is 5.59. The first kappa shape index (κ1) is 17.5. The number of hydrogen-bond acceptors (Lipinski definition) is 3. The summed E-state index contributed by atoms with van der Waals surface area (Å²) in [6, 6.07) is 10.3. The molecule has 1 aliphatic carbocycles. The van der Waals surface area contributed by atoms with Gasteiger partial charge in [0.05, 0.1) is 11.5 Å². The lowest BCUT2D eigenvalue weighted by Crippen LogP contribution is -2.27. The lowest BCUT2D eigenvalue weighted by Gasteiger charge is -2.16. The van der Waals surface area contributed by atoms with Crippen LogP contribution in [0.3, 0.4) is 0 Å². The van der Waals surface area contributed by atoms with Crippen LogP contribution in [0.4, 0.5) is 0 Å². The first-order valence-electron chi connectivity index (χ1n) is 9.05. The van der Waals surface area contributed by atoms with Crippen LogP contribution in [-0.4, -0.2) is 32.4 Å². The molecule has 3 rings (SSSR count). The molecule has 24 heavy (non-hydrogen) atoms. The first-order chi connectivity index (χ1) is 11.5. The van der Waals surface area contributed by atoms with Crippen LogP contribution in [0.5, 0.6) is 0 Å². The fraction of sp³-hybridized carbons (Fsp3) is 0.632. The quantitative estimate of drug-likeness (QED) is 0.734. The second-order valence-electron chi connectivity index (χ2n) is 7.32. The van der Waals surface area contributed by atoms with Crippen LogP contribution in [-0.2, 0) is 14.6 Å². The molecule has 1 amide bonds. The second-order valence-corrected chi connectivity index (χ2v) is 9.55. The Hall–Kier alpha value is -1.36. The summed E-state index contributed by atoms with van der Waals surface area (Å²) in [6.45, 7) is 0.654. The van der Waals surface area contributed by atoms with Crippen molar-refractivity contribution in [2.75, 3.05) is 18.1 Å². The molecule has 5 heteroatoms. The number of rotatable bonds is 8. The molecule has 1 aromatic carbocycles. The van der Waals surface area contributed by atoms with Crippen molar-refractivity contribution in [3.05, 3.63) is 35.9 Å². The van der Waals surface area contributed by atoms with Gasteiger partial charge in [-0.15, -0.1) is 0 Å². The van der Waals surface area contributed by atoms with E-state index in [1.807, 2.05) is 18.2 Å². The van der Waals surface area contributed by atoms with Crippen LogP contribution in [0.1, 0.15) is 50.0 Å². The molecule has 2 atom stereocenters. The summed E-state index contributed by atoms with van der Waals surface area (Å²) in [4.78, 5) is 12.3. The second kappa shape index (κ2) is 7.68. The number of benzene rings is 1. The predicted molar refractivity (Wildman–Crippen MR) is 95.5 cm³/mol. The van der Waals surface area contributed by atoms with E-state index in [9.17, 15) is 13.2 Å². The summed E-state index contributed by atoms with van der Waals surface area (Å²) in [5.41, 5.74) is 1.27. The molecule has 0 aromatic heterocycles. The molecule has 1 saturated carbocycles. The molecule has 2 aliphatic rings. The lowest BCUT2D eigenvalue weighted by atomic mass is 9.91. The van der Waals surface area contributed by atoms with E-state index < -0.39 is 9.84 Å². The Morgan fingerprint density at radius 3 is 2.54 bits per heavy atom. The van der Waals surface area contributed by atoms with E-state index in [0.29, 0.717) is 36.3 Å². The Labute approximate surface area is 145 Å². The van der Waals surface area contributed by atoms with Gasteiger partial charge in [-0.1, -0.05) is 30.3 Å². The van der Waals surface area contributed by atoms with E-state index in [-0.39, 0.29) is 11.8 Å². The monoisotopic (exact) mass is 349 g/mol. The number of carbonyl (C=O) groups excluding carboxylic acids is 1. The number of amides is 1. The fourth-order valence-electron chi connectivity index (χ4n) is 3.75.